The third kappa shape index (κ3) is 2.69. The van der Waals surface area contributed by atoms with Crippen molar-refractivity contribution in [3.63, 3.8) is 0 Å². The summed E-state index contributed by atoms with van der Waals surface area (Å²) < 4.78 is 0. The third-order valence-corrected chi connectivity index (χ3v) is 2.94. The fourth-order valence-corrected chi connectivity index (χ4v) is 1.85. The first-order chi connectivity index (χ1) is 6.69. The van der Waals surface area contributed by atoms with E-state index in [4.69, 9.17) is 5.11 Å². The highest BCUT2D eigenvalue weighted by atomic mass is 16.3. The molecule has 1 fully saturated rings. The van der Waals surface area contributed by atoms with Gasteiger partial charge in [-0.15, -0.1) is 0 Å². The fourth-order valence-electron chi connectivity index (χ4n) is 1.85. The Bertz CT molecular complexity index is 197. The molecule has 1 saturated heterocycles. The highest BCUT2D eigenvalue weighted by molar-refractivity contribution is 5.81. The van der Waals surface area contributed by atoms with Crippen molar-refractivity contribution in [1.29, 1.82) is 0 Å². The summed E-state index contributed by atoms with van der Waals surface area (Å²) in [5, 5.41) is 11.7. The number of hydrogen-bond donors (Lipinski definition) is 2. The summed E-state index contributed by atoms with van der Waals surface area (Å²) in [4.78, 5) is 13.6. The van der Waals surface area contributed by atoms with E-state index in [1.807, 2.05) is 11.8 Å². The van der Waals surface area contributed by atoms with Crippen LogP contribution in [-0.2, 0) is 4.79 Å². The van der Waals surface area contributed by atoms with Gasteiger partial charge in [0.2, 0.25) is 5.91 Å². The van der Waals surface area contributed by atoms with Crippen LogP contribution in [0.2, 0.25) is 0 Å². The van der Waals surface area contributed by atoms with Crippen molar-refractivity contribution in [2.45, 2.75) is 25.8 Å². The first-order valence-electron chi connectivity index (χ1n) is 5.26. The molecule has 2 N–H and O–H groups in total. The number of rotatable bonds is 4. The van der Waals surface area contributed by atoms with Crippen LogP contribution in [0.25, 0.3) is 0 Å². The SMILES string of the molecule is CNC(C)C(=O)N1CCC(CCO)C1. The quantitative estimate of drug-likeness (QED) is 0.662. The third-order valence-electron chi connectivity index (χ3n) is 2.94. The van der Waals surface area contributed by atoms with Crippen LogP contribution >= 0.6 is 0 Å². The maximum absolute atomic E-state index is 11.7. The zero-order valence-electron chi connectivity index (χ0n) is 8.99. The first-order valence-corrected chi connectivity index (χ1v) is 5.26. The van der Waals surface area contributed by atoms with E-state index >= 15 is 0 Å². The molecule has 1 rings (SSSR count). The van der Waals surface area contributed by atoms with Gasteiger partial charge in [-0.05, 0) is 32.7 Å². The summed E-state index contributed by atoms with van der Waals surface area (Å²) in [5.74, 6) is 0.668. The molecule has 0 saturated carbocycles. The number of nitrogens with zero attached hydrogens (tertiary/aromatic N) is 1. The molecule has 0 aromatic heterocycles. The van der Waals surface area contributed by atoms with Crippen molar-refractivity contribution in [3.05, 3.63) is 0 Å². The number of carbonyl (C=O) groups is 1. The molecule has 1 heterocycles. The van der Waals surface area contributed by atoms with E-state index < -0.39 is 0 Å². The molecule has 0 aromatic rings. The molecule has 82 valence electrons. The lowest BCUT2D eigenvalue weighted by Gasteiger charge is -2.20. The Kier molecular flexibility index (Phi) is 4.35. The lowest BCUT2D eigenvalue weighted by molar-refractivity contribution is -0.132. The van der Waals surface area contributed by atoms with Crippen molar-refractivity contribution in [2.24, 2.45) is 5.92 Å². The molecule has 0 spiro atoms. The van der Waals surface area contributed by atoms with Crippen LogP contribution in [0.5, 0.6) is 0 Å². The van der Waals surface area contributed by atoms with E-state index in [0.29, 0.717) is 5.92 Å². The molecule has 4 heteroatoms. The van der Waals surface area contributed by atoms with Crippen LogP contribution in [0.4, 0.5) is 0 Å². The van der Waals surface area contributed by atoms with Crippen molar-refractivity contribution in [1.82, 2.24) is 10.2 Å². The Morgan fingerprint density at radius 2 is 2.43 bits per heavy atom. The van der Waals surface area contributed by atoms with Gasteiger partial charge in [0, 0.05) is 19.7 Å². The van der Waals surface area contributed by atoms with E-state index in [1.54, 1.807) is 7.05 Å². The Morgan fingerprint density at radius 3 is 3.00 bits per heavy atom. The van der Waals surface area contributed by atoms with E-state index in [2.05, 4.69) is 5.32 Å². The molecule has 2 unspecified atom stereocenters. The van der Waals surface area contributed by atoms with Gasteiger partial charge in [0.25, 0.3) is 0 Å². The number of amides is 1. The van der Waals surface area contributed by atoms with Crippen LogP contribution in [-0.4, -0.2) is 48.7 Å². The van der Waals surface area contributed by atoms with E-state index in [-0.39, 0.29) is 18.6 Å². The van der Waals surface area contributed by atoms with Crippen LogP contribution in [0.3, 0.4) is 0 Å². The number of aliphatic hydroxyl groups is 1. The van der Waals surface area contributed by atoms with Crippen molar-refractivity contribution in [2.75, 3.05) is 26.7 Å². The number of hydrogen-bond acceptors (Lipinski definition) is 3. The number of likely N-dealkylation sites (tertiary alicyclic amines) is 1. The largest absolute Gasteiger partial charge is 0.396 e. The summed E-state index contributed by atoms with van der Waals surface area (Å²) in [6.45, 7) is 3.76. The van der Waals surface area contributed by atoms with E-state index in [1.165, 1.54) is 0 Å². The molecule has 1 amide bonds. The molecule has 14 heavy (non-hydrogen) atoms. The number of likely N-dealkylation sites (N-methyl/N-ethyl adjacent to an activating group) is 1. The van der Waals surface area contributed by atoms with E-state index in [9.17, 15) is 4.79 Å². The first kappa shape index (κ1) is 11.5. The fraction of sp³-hybridized carbons (Fsp3) is 0.900. The summed E-state index contributed by atoms with van der Waals surface area (Å²) in [5.41, 5.74) is 0. The predicted octanol–water partition coefficient (Wildman–Crippen LogP) is -0.175. The summed E-state index contributed by atoms with van der Waals surface area (Å²) in [7, 11) is 1.80. The van der Waals surface area contributed by atoms with Crippen LogP contribution in [0.1, 0.15) is 19.8 Å². The zero-order valence-corrected chi connectivity index (χ0v) is 8.99. The Morgan fingerprint density at radius 1 is 1.71 bits per heavy atom. The molecular formula is C10H20N2O2. The van der Waals surface area contributed by atoms with E-state index in [0.717, 1.165) is 25.9 Å². The number of carbonyl (C=O) groups excluding carboxylic acids is 1. The standard InChI is InChI=1S/C10H20N2O2/c1-8(11-2)10(14)12-5-3-9(7-12)4-6-13/h8-9,11,13H,3-7H2,1-2H3. The Labute approximate surface area is 85.3 Å². The average Bonchev–Trinajstić information content (AvgIpc) is 2.64. The van der Waals surface area contributed by atoms with Gasteiger partial charge < -0.3 is 15.3 Å². The maximum atomic E-state index is 11.7. The van der Waals surface area contributed by atoms with Crippen LogP contribution < -0.4 is 5.32 Å². The van der Waals surface area contributed by atoms with Gasteiger partial charge in [0.1, 0.15) is 0 Å². The molecule has 2 atom stereocenters. The van der Waals surface area contributed by atoms with Crippen molar-refractivity contribution in [3.8, 4) is 0 Å². The zero-order chi connectivity index (χ0) is 10.6. The molecule has 0 aliphatic carbocycles. The van der Waals surface area contributed by atoms with Crippen molar-refractivity contribution < 1.29 is 9.90 Å². The summed E-state index contributed by atoms with van der Waals surface area (Å²) in [6.07, 6.45) is 1.85. The van der Waals surface area contributed by atoms with Gasteiger partial charge in [0.15, 0.2) is 0 Å². The lowest BCUT2D eigenvalue weighted by atomic mass is 10.1. The minimum absolute atomic E-state index is 0.0946. The molecule has 1 aliphatic heterocycles. The van der Waals surface area contributed by atoms with Gasteiger partial charge >= 0.3 is 0 Å². The average molecular weight is 200 g/mol. The monoisotopic (exact) mass is 200 g/mol. The lowest BCUT2D eigenvalue weighted by Crippen LogP contribution is -2.42. The molecule has 1 aliphatic rings. The minimum atomic E-state index is -0.0946. The highest BCUT2D eigenvalue weighted by Gasteiger charge is 2.27. The minimum Gasteiger partial charge on any atom is -0.396 e. The second kappa shape index (κ2) is 5.32. The Balaban J connectivity index is 2.37. The number of nitrogens with one attached hydrogen (secondary N) is 1. The summed E-state index contributed by atoms with van der Waals surface area (Å²) >= 11 is 0. The van der Waals surface area contributed by atoms with Crippen LogP contribution in [0.15, 0.2) is 0 Å². The smallest absolute Gasteiger partial charge is 0.239 e. The van der Waals surface area contributed by atoms with Gasteiger partial charge in [0.05, 0.1) is 6.04 Å². The topological polar surface area (TPSA) is 52.6 Å². The molecule has 0 aromatic carbocycles. The predicted molar refractivity (Wildman–Crippen MR) is 54.9 cm³/mol. The number of aliphatic hydroxyl groups excluding tert-OH is 1. The van der Waals surface area contributed by atoms with Gasteiger partial charge in [-0.25, -0.2) is 0 Å². The highest BCUT2D eigenvalue weighted by Crippen LogP contribution is 2.19. The van der Waals surface area contributed by atoms with Crippen molar-refractivity contribution >= 4 is 5.91 Å². The summed E-state index contributed by atoms with van der Waals surface area (Å²) in [6, 6.07) is -0.0946. The Hall–Kier alpha value is -0.610. The molecular weight excluding hydrogens is 180 g/mol. The normalized spacial score (nSPS) is 23.9. The van der Waals surface area contributed by atoms with Gasteiger partial charge in [-0.3, -0.25) is 4.79 Å². The second-order valence-corrected chi connectivity index (χ2v) is 3.96. The van der Waals surface area contributed by atoms with Crippen LogP contribution in [0, 0.1) is 5.92 Å². The molecule has 4 nitrogen and oxygen atoms in total. The molecule has 0 bridgehead atoms. The van der Waals surface area contributed by atoms with Gasteiger partial charge in [-0.1, -0.05) is 0 Å². The maximum Gasteiger partial charge on any atom is 0.239 e. The molecule has 0 radical (unpaired) electrons. The second-order valence-electron chi connectivity index (χ2n) is 3.96. The van der Waals surface area contributed by atoms with Gasteiger partial charge in [-0.2, -0.15) is 0 Å².